The van der Waals surface area contributed by atoms with Crippen LogP contribution in [0.2, 0.25) is 0 Å². The average Bonchev–Trinajstić information content (AvgIpc) is 3.32. The Labute approximate surface area is 174 Å². The summed E-state index contributed by atoms with van der Waals surface area (Å²) in [7, 11) is 3.76. The van der Waals surface area contributed by atoms with Gasteiger partial charge in [-0.15, -0.1) is 0 Å². The molecule has 0 saturated carbocycles. The predicted octanol–water partition coefficient (Wildman–Crippen LogP) is 2.35. The Morgan fingerprint density at radius 1 is 1.50 bits per heavy atom. The van der Waals surface area contributed by atoms with Crippen molar-refractivity contribution in [2.24, 2.45) is 10.1 Å². The highest BCUT2D eigenvalue weighted by Gasteiger charge is 2.37. The zero-order valence-electron chi connectivity index (χ0n) is 17.1. The number of rotatable bonds is 7. The van der Waals surface area contributed by atoms with E-state index >= 15 is 0 Å². The maximum atomic E-state index is 9.67. The Bertz CT molecular complexity index is 1020. The van der Waals surface area contributed by atoms with Crippen LogP contribution in [-0.4, -0.2) is 70.5 Å². The minimum Gasteiger partial charge on any atom is -0.394 e. The van der Waals surface area contributed by atoms with Crippen LogP contribution in [0.1, 0.15) is 31.6 Å². The lowest BCUT2D eigenvalue weighted by Crippen LogP contribution is -2.27. The second-order valence-corrected chi connectivity index (χ2v) is 6.82. The Kier molecular flexibility index (Phi) is 7.21. The summed E-state index contributed by atoms with van der Waals surface area (Å²) in [4.78, 5) is 17.7. The molecule has 158 valence electrons. The van der Waals surface area contributed by atoms with E-state index in [4.69, 9.17) is 15.0 Å². The Morgan fingerprint density at radius 2 is 2.33 bits per heavy atom. The number of fused-ring (bicyclic) bond motifs is 1. The van der Waals surface area contributed by atoms with Crippen molar-refractivity contribution in [3.05, 3.63) is 28.5 Å². The number of azide groups is 1. The molecule has 0 amide bonds. The molecule has 3 atom stereocenters. The second-order valence-electron chi connectivity index (χ2n) is 6.82. The standard InChI is InChI=1S/C19H24N8O3/c1-4-5-6-13-8-27(16-7-14(15(9-28)30-16)29-12-24-25-20)19-17(13)18(21-10-22-19)23-11-26(2)3/h8,10-11,14-16,28H,4,7,9,12H2,1-3H3. The molecule has 2 aromatic heterocycles. The first-order valence-corrected chi connectivity index (χ1v) is 9.52. The van der Waals surface area contributed by atoms with Crippen molar-refractivity contribution in [2.75, 3.05) is 27.4 Å². The number of ether oxygens (including phenoxy) is 2. The third kappa shape index (κ3) is 4.69. The van der Waals surface area contributed by atoms with E-state index in [1.807, 2.05) is 36.7 Å². The summed E-state index contributed by atoms with van der Waals surface area (Å²) < 4.78 is 13.4. The number of hydrogen-bond donors (Lipinski definition) is 1. The van der Waals surface area contributed by atoms with Gasteiger partial charge in [-0.2, -0.15) is 0 Å². The van der Waals surface area contributed by atoms with Gasteiger partial charge in [-0.25, -0.2) is 15.0 Å². The van der Waals surface area contributed by atoms with Gasteiger partial charge in [0.15, 0.2) is 5.82 Å². The first kappa shape index (κ1) is 21.5. The van der Waals surface area contributed by atoms with Gasteiger partial charge in [-0.05, 0) is 5.53 Å². The topological polar surface area (TPSA) is 134 Å². The van der Waals surface area contributed by atoms with Crippen LogP contribution in [-0.2, 0) is 9.47 Å². The Morgan fingerprint density at radius 3 is 3.03 bits per heavy atom. The highest BCUT2D eigenvalue weighted by Crippen LogP contribution is 2.36. The first-order chi connectivity index (χ1) is 14.6. The summed E-state index contributed by atoms with van der Waals surface area (Å²) in [6.07, 6.45) is 4.76. The van der Waals surface area contributed by atoms with Crippen molar-refractivity contribution in [1.82, 2.24) is 19.4 Å². The highest BCUT2D eigenvalue weighted by molar-refractivity contribution is 5.93. The minimum atomic E-state index is -0.542. The number of nitrogens with zero attached hydrogens (tertiary/aromatic N) is 8. The summed E-state index contributed by atoms with van der Waals surface area (Å²) >= 11 is 0. The summed E-state index contributed by atoms with van der Waals surface area (Å²) in [5, 5.41) is 13.8. The van der Waals surface area contributed by atoms with Crippen LogP contribution in [0.4, 0.5) is 5.82 Å². The quantitative estimate of drug-likeness (QED) is 0.185. The van der Waals surface area contributed by atoms with Crippen molar-refractivity contribution in [3.8, 4) is 11.8 Å². The van der Waals surface area contributed by atoms with E-state index in [1.54, 1.807) is 6.34 Å². The molecule has 0 aliphatic carbocycles. The lowest BCUT2D eigenvalue weighted by molar-refractivity contribution is -0.0593. The zero-order chi connectivity index (χ0) is 21.5. The van der Waals surface area contributed by atoms with E-state index in [1.165, 1.54) is 6.33 Å². The van der Waals surface area contributed by atoms with Gasteiger partial charge in [-0.3, -0.25) is 0 Å². The van der Waals surface area contributed by atoms with Crippen molar-refractivity contribution >= 4 is 23.2 Å². The van der Waals surface area contributed by atoms with Crippen molar-refractivity contribution in [1.29, 1.82) is 0 Å². The van der Waals surface area contributed by atoms with Crippen LogP contribution in [0, 0.1) is 11.8 Å². The van der Waals surface area contributed by atoms with Crippen molar-refractivity contribution in [3.63, 3.8) is 0 Å². The predicted molar refractivity (Wildman–Crippen MR) is 111 cm³/mol. The third-order valence-corrected chi connectivity index (χ3v) is 4.48. The van der Waals surface area contributed by atoms with Gasteiger partial charge in [0.2, 0.25) is 0 Å². The molecule has 0 bridgehead atoms. The lowest BCUT2D eigenvalue weighted by Gasteiger charge is -2.15. The van der Waals surface area contributed by atoms with E-state index in [9.17, 15) is 5.11 Å². The largest absolute Gasteiger partial charge is 0.394 e. The number of hydrogen-bond acceptors (Lipinski definition) is 7. The van der Waals surface area contributed by atoms with E-state index in [0.29, 0.717) is 24.3 Å². The van der Waals surface area contributed by atoms with Gasteiger partial charge in [0.05, 0.1) is 30.0 Å². The van der Waals surface area contributed by atoms with Crippen LogP contribution in [0.15, 0.2) is 22.6 Å². The number of aliphatic hydroxyl groups excluding tert-OH is 1. The zero-order valence-corrected chi connectivity index (χ0v) is 17.1. The lowest BCUT2D eigenvalue weighted by atomic mass is 10.2. The summed E-state index contributed by atoms with van der Waals surface area (Å²) in [5.41, 5.74) is 9.83. The molecule has 2 aromatic rings. The van der Waals surface area contributed by atoms with Crippen molar-refractivity contribution in [2.45, 2.75) is 38.2 Å². The van der Waals surface area contributed by atoms with Gasteiger partial charge < -0.3 is 24.0 Å². The fraction of sp³-hybridized carbons (Fsp3) is 0.526. The number of aromatic nitrogens is 3. The van der Waals surface area contributed by atoms with Crippen LogP contribution < -0.4 is 0 Å². The van der Waals surface area contributed by atoms with E-state index in [0.717, 1.165) is 10.9 Å². The fourth-order valence-electron chi connectivity index (χ4n) is 3.20. The second kappa shape index (κ2) is 10.0. The first-order valence-electron chi connectivity index (χ1n) is 9.52. The molecule has 0 aromatic carbocycles. The van der Waals surface area contributed by atoms with Gasteiger partial charge in [0.1, 0.15) is 31.0 Å². The molecule has 3 rings (SSSR count). The normalized spacial score (nSPS) is 20.9. The molecule has 1 saturated heterocycles. The molecule has 11 nitrogen and oxygen atoms in total. The summed E-state index contributed by atoms with van der Waals surface area (Å²) in [6.45, 7) is 1.64. The molecule has 1 N–H and O–H groups in total. The van der Waals surface area contributed by atoms with Crippen LogP contribution >= 0.6 is 0 Å². The van der Waals surface area contributed by atoms with Crippen molar-refractivity contribution < 1.29 is 14.6 Å². The molecule has 0 spiro atoms. The monoisotopic (exact) mass is 412 g/mol. The van der Waals surface area contributed by atoms with Gasteiger partial charge >= 0.3 is 0 Å². The van der Waals surface area contributed by atoms with Gasteiger partial charge in [0, 0.05) is 38.0 Å². The SMILES string of the molecule is CCC#Cc1cn(C2CC(OCN=[N+]=[N-])C(CO)O2)c2ncnc(N=CN(C)C)c12. The van der Waals surface area contributed by atoms with E-state index in [2.05, 4.69) is 36.8 Å². The summed E-state index contributed by atoms with van der Waals surface area (Å²) in [6, 6.07) is 0. The molecule has 1 fully saturated rings. The van der Waals surface area contributed by atoms with Gasteiger partial charge in [0.25, 0.3) is 0 Å². The Balaban J connectivity index is 2.02. The molecule has 30 heavy (non-hydrogen) atoms. The molecule has 3 unspecified atom stereocenters. The molecule has 3 heterocycles. The number of aliphatic imine (C=N–C) groups is 1. The molecule has 1 aliphatic heterocycles. The minimum absolute atomic E-state index is 0.126. The van der Waals surface area contributed by atoms with E-state index in [-0.39, 0.29) is 13.3 Å². The Hall–Kier alpha value is -3.16. The van der Waals surface area contributed by atoms with Crippen LogP contribution in [0.3, 0.4) is 0 Å². The third-order valence-electron chi connectivity index (χ3n) is 4.48. The van der Waals surface area contributed by atoms with E-state index < -0.39 is 18.4 Å². The molecule has 0 radical (unpaired) electrons. The molecule has 1 aliphatic rings. The molecule has 11 heteroatoms. The van der Waals surface area contributed by atoms with Gasteiger partial charge in [-0.1, -0.05) is 23.9 Å². The smallest absolute Gasteiger partial charge is 0.167 e. The summed E-state index contributed by atoms with van der Waals surface area (Å²) in [5.74, 6) is 6.76. The molecular weight excluding hydrogens is 388 g/mol. The average molecular weight is 412 g/mol. The van der Waals surface area contributed by atoms with Crippen LogP contribution in [0.25, 0.3) is 21.5 Å². The maximum absolute atomic E-state index is 9.67. The highest BCUT2D eigenvalue weighted by atomic mass is 16.6. The van der Waals surface area contributed by atoms with Crippen LogP contribution in [0.5, 0.6) is 0 Å². The maximum Gasteiger partial charge on any atom is 0.167 e. The molecular formula is C19H24N8O3. The fourth-order valence-corrected chi connectivity index (χ4v) is 3.20. The number of aliphatic hydroxyl groups is 1.